The van der Waals surface area contributed by atoms with Crippen molar-refractivity contribution < 1.29 is 9.53 Å². The minimum atomic E-state index is -0.467. The van der Waals surface area contributed by atoms with E-state index in [2.05, 4.69) is 10.3 Å². The second-order valence-electron chi connectivity index (χ2n) is 5.67. The van der Waals surface area contributed by atoms with Crippen LogP contribution in [0, 0.1) is 6.92 Å². The monoisotopic (exact) mass is 528 g/mol. The molecule has 0 saturated heterocycles. The van der Waals surface area contributed by atoms with Crippen LogP contribution in [0.4, 0.5) is 5.13 Å². The number of amides is 1. The molecule has 11 heteroatoms. The molecular weight excluding hydrogens is 521 g/mol. The SMILES string of the molecule is Cc1sc(NC(=O)COc2c(Cl)c(Cl)c(Cl)c(Cl)c2Cl)nc1-c1cccc(Cl)c1. The van der Waals surface area contributed by atoms with Crippen LogP contribution in [0.1, 0.15) is 4.88 Å². The topological polar surface area (TPSA) is 51.2 Å². The van der Waals surface area contributed by atoms with Crippen LogP contribution in [-0.4, -0.2) is 17.5 Å². The molecule has 0 saturated carbocycles. The van der Waals surface area contributed by atoms with E-state index in [0.717, 1.165) is 16.1 Å². The van der Waals surface area contributed by atoms with E-state index in [4.69, 9.17) is 74.3 Å². The summed E-state index contributed by atoms with van der Waals surface area (Å²) < 4.78 is 5.41. The Labute approximate surface area is 200 Å². The Morgan fingerprint density at radius 1 is 1.03 bits per heavy atom. The molecule has 29 heavy (non-hydrogen) atoms. The highest BCUT2D eigenvalue weighted by Gasteiger charge is 2.21. The Morgan fingerprint density at radius 2 is 1.66 bits per heavy atom. The van der Waals surface area contributed by atoms with Crippen molar-refractivity contribution in [3.8, 4) is 17.0 Å². The summed E-state index contributed by atoms with van der Waals surface area (Å²) in [6.45, 7) is 1.51. The zero-order valence-corrected chi connectivity index (χ0v) is 19.8. The van der Waals surface area contributed by atoms with Gasteiger partial charge < -0.3 is 4.74 Å². The summed E-state index contributed by atoms with van der Waals surface area (Å²) >= 11 is 37.4. The number of aryl methyl sites for hydroxylation is 1. The number of rotatable bonds is 5. The molecule has 152 valence electrons. The summed E-state index contributed by atoms with van der Waals surface area (Å²) in [5.74, 6) is -0.497. The number of halogens is 6. The van der Waals surface area contributed by atoms with Gasteiger partial charge in [0.1, 0.15) is 10.0 Å². The van der Waals surface area contributed by atoms with Crippen LogP contribution >= 0.6 is 80.9 Å². The molecule has 3 rings (SSSR count). The molecule has 1 amide bonds. The van der Waals surface area contributed by atoms with E-state index in [1.54, 1.807) is 12.1 Å². The third-order valence-electron chi connectivity index (χ3n) is 3.66. The van der Waals surface area contributed by atoms with E-state index in [1.165, 1.54) is 11.3 Å². The number of nitrogens with zero attached hydrogens (tertiary/aromatic N) is 1. The maximum Gasteiger partial charge on any atom is 0.264 e. The maximum absolute atomic E-state index is 12.3. The van der Waals surface area contributed by atoms with Crippen molar-refractivity contribution in [2.45, 2.75) is 6.92 Å². The lowest BCUT2D eigenvalue weighted by atomic mass is 10.1. The zero-order chi connectivity index (χ0) is 21.3. The summed E-state index contributed by atoms with van der Waals surface area (Å²) in [5.41, 5.74) is 1.59. The number of hydrogen-bond acceptors (Lipinski definition) is 4. The molecule has 0 radical (unpaired) electrons. The zero-order valence-electron chi connectivity index (χ0n) is 14.5. The quantitative estimate of drug-likeness (QED) is 0.268. The molecule has 0 aliphatic heterocycles. The average molecular weight is 531 g/mol. The number of ether oxygens (including phenoxy) is 1. The van der Waals surface area contributed by atoms with Gasteiger partial charge in [0.25, 0.3) is 5.91 Å². The highest BCUT2D eigenvalue weighted by molar-refractivity contribution is 7.16. The lowest BCUT2D eigenvalue weighted by molar-refractivity contribution is -0.118. The molecule has 0 atom stereocenters. The fraction of sp³-hybridized carbons (Fsp3) is 0.111. The van der Waals surface area contributed by atoms with E-state index in [1.807, 2.05) is 19.1 Å². The average Bonchev–Trinajstić information content (AvgIpc) is 3.04. The first-order valence-electron chi connectivity index (χ1n) is 7.86. The van der Waals surface area contributed by atoms with E-state index in [-0.39, 0.29) is 30.9 Å². The van der Waals surface area contributed by atoms with Gasteiger partial charge in [-0.2, -0.15) is 0 Å². The number of hydrogen-bond donors (Lipinski definition) is 1. The second-order valence-corrected chi connectivity index (χ2v) is 9.20. The number of nitrogens with one attached hydrogen (secondary N) is 1. The minimum Gasteiger partial charge on any atom is -0.481 e. The summed E-state index contributed by atoms with van der Waals surface area (Å²) in [5, 5.41) is 3.59. The van der Waals surface area contributed by atoms with Crippen LogP contribution in [0.25, 0.3) is 11.3 Å². The van der Waals surface area contributed by atoms with Crippen LogP contribution in [0.3, 0.4) is 0 Å². The van der Waals surface area contributed by atoms with Gasteiger partial charge >= 0.3 is 0 Å². The van der Waals surface area contributed by atoms with Crippen molar-refractivity contribution >= 4 is 92.0 Å². The number of benzene rings is 2. The van der Waals surface area contributed by atoms with E-state index < -0.39 is 12.5 Å². The molecule has 0 unspecified atom stereocenters. The smallest absolute Gasteiger partial charge is 0.264 e. The Hall–Kier alpha value is -0.920. The third kappa shape index (κ3) is 5.05. The largest absolute Gasteiger partial charge is 0.481 e. The van der Waals surface area contributed by atoms with Gasteiger partial charge in [0.05, 0.1) is 20.8 Å². The van der Waals surface area contributed by atoms with Crippen molar-refractivity contribution in [1.82, 2.24) is 4.98 Å². The van der Waals surface area contributed by atoms with Gasteiger partial charge in [-0.15, -0.1) is 11.3 Å². The number of carbonyl (C=O) groups excluding carboxylic acids is 1. The molecule has 1 aromatic heterocycles. The Kier molecular flexibility index (Phi) is 7.44. The van der Waals surface area contributed by atoms with Crippen LogP contribution < -0.4 is 10.1 Å². The molecule has 1 N–H and O–H groups in total. The lowest BCUT2D eigenvalue weighted by Crippen LogP contribution is -2.20. The van der Waals surface area contributed by atoms with Crippen LogP contribution in [0.15, 0.2) is 24.3 Å². The first-order valence-corrected chi connectivity index (χ1v) is 10.9. The number of thiazole rings is 1. The molecular formula is C18H10Cl6N2O2S. The molecule has 2 aromatic carbocycles. The summed E-state index contributed by atoms with van der Waals surface area (Å²) in [6, 6.07) is 7.30. The first kappa shape index (κ1) is 22.8. The van der Waals surface area contributed by atoms with Gasteiger partial charge in [-0.3, -0.25) is 10.1 Å². The van der Waals surface area contributed by atoms with Gasteiger partial charge in [-0.1, -0.05) is 81.7 Å². The van der Waals surface area contributed by atoms with Crippen LogP contribution in [-0.2, 0) is 4.79 Å². The number of aromatic nitrogens is 1. The molecule has 0 aliphatic rings. The predicted octanol–water partition coefficient (Wildman–Crippen LogP) is 8.06. The molecule has 3 aromatic rings. The van der Waals surface area contributed by atoms with Crippen LogP contribution in [0.2, 0.25) is 30.1 Å². The van der Waals surface area contributed by atoms with Crippen molar-refractivity contribution in [2.75, 3.05) is 11.9 Å². The van der Waals surface area contributed by atoms with E-state index >= 15 is 0 Å². The molecule has 1 heterocycles. The molecule has 0 fully saturated rings. The summed E-state index contributed by atoms with van der Waals surface area (Å²) in [4.78, 5) is 17.7. The molecule has 4 nitrogen and oxygen atoms in total. The lowest BCUT2D eigenvalue weighted by Gasteiger charge is -2.13. The normalized spacial score (nSPS) is 10.9. The van der Waals surface area contributed by atoms with Crippen molar-refractivity contribution in [1.29, 1.82) is 0 Å². The second kappa shape index (κ2) is 9.48. The Morgan fingerprint density at radius 3 is 2.28 bits per heavy atom. The molecule has 0 aliphatic carbocycles. The number of anilines is 1. The molecule has 0 bridgehead atoms. The van der Waals surface area contributed by atoms with Gasteiger partial charge in [0.2, 0.25) is 0 Å². The standard InChI is InChI=1S/C18H10Cl6N2O2S/c1-7-16(8-3-2-4-9(19)5-8)26-18(29-7)25-10(27)6-28-17-14(23)12(21)11(20)13(22)15(17)24/h2-5H,6H2,1H3,(H,25,26,27). The fourth-order valence-electron chi connectivity index (χ4n) is 2.36. The van der Waals surface area contributed by atoms with E-state index in [9.17, 15) is 4.79 Å². The van der Waals surface area contributed by atoms with Gasteiger partial charge in [0, 0.05) is 15.5 Å². The minimum absolute atomic E-state index is 0.00643. The Balaban J connectivity index is 1.72. The van der Waals surface area contributed by atoms with Gasteiger partial charge in [-0.25, -0.2) is 4.98 Å². The highest BCUT2D eigenvalue weighted by Crippen LogP contribution is 2.48. The third-order valence-corrected chi connectivity index (χ3v) is 7.02. The van der Waals surface area contributed by atoms with Crippen molar-refractivity contribution in [2.24, 2.45) is 0 Å². The number of carbonyl (C=O) groups is 1. The van der Waals surface area contributed by atoms with Gasteiger partial charge in [0.15, 0.2) is 17.5 Å². The summed E-state index contributed by atoms with van der Waals surface area (Å²) in [7, 11) is 0. The summed E-state index contributed by atoms with van der Waals surface area (Å²) in [6.07, 6.45) is 0. The van der Waals surface area contributed by atoms with Crippen molar-refractivity contribution in [3.63, 3.8) is 0 Å². The predicted molar refractivity (Wildman–Crippen MR) is 123 cm³/mol. The fourth-order valence-corrected chi connectivity index (χ4v) is 4.63. The van der Waals surface area contributed by atoms with Crippen molar-refractivity contribution in [3.05, 3.63) is 59.3 Å². The van der Waals surface area contributed by atoms with Crippen LogP contribution in [0.5, 0.6) is 5.75 Å². The molecule has 0 spiro atoms. The first-order chi connectivity index (χ1) is 13.7. The highest BCUT2D eigenvalue weighted by atomic mass is 35.5. The maximum atomic E-state index is 12.3. The van der Waals surface area contributed by atoms with Gasteiger partial charge in [-0.05, 0) is 19.1 Å². The van der Waals surface area contributed by atoms with E-state index in [0.29, 0.717) is 10.2 Å². The Bertz CT molecular complexity index is 1070.